The summed E-state index contributed by atoms with van der Waals surface area (Å²) in [6.07, 6.45) is 3.88. The van der Waals surface area contributed by atoms with Gasteiger partial charge in [0.1, 0.15) is 0 Å². The van der Waals surface area contributed by atoms with Crippen molar-refractivity contribution in [2.45, 2.75) is 0 Å². The van der Waals surface area contributed by atoms with Crippen LogP contribution in [0.1, 0.15) is 5.56 Å². The highest BCUT2D eigenvalue weighted by molar-refractivity contribution is 7.98. The van der Waals surface area contributed by atoms with Gasteiger partial charge in [-0.2, -0.15) is 4.40 Å². The predicted molar refractivity (Wildman–Crippen MR) is 56.5 cm³/mol. The number of benzene rings is 1. The molecular formula is C10H9NOS. The minimum Gasteiger partial charge on any atom is -0.464 e. The first kappa shape index (κ1) is 8.38. The van der Waals surface area contributed by atoms with Crippen molar-refractivity contribution in [1.29, 1.82) is 0 Å². The highest BCUT2D eigenvalue weighted by Crippen LogP contribution is 2.13. The zero-order valence-electron chi connectivity index (χ0n) is 7.01. The van der Waals surface area contributed by atoms with Gasteiger partial charge >= 0.3 is 0 Å². The standard InChI is InChI=1S/C10H9NOS/c1-2-4-9(5-3-1)6-7-10-11-13-8-12-10/h1-7H,8H2/b7-6+. The van der Waals surface area contributed by atoms with Crippen LogP contribution < -0.4 is 0 Å². The van der Waals surface area contributed by atoms with Crippen molar-refractivity contribution < 1.29 is 4.74 Å². The molecule has 0 fully saturated rings. The molecule has 1 aromatic carbocycles. The fourth-order valence-corrected chi connectivity index (χ4v) is 1.48. The summed E-state index contributed by atoms with van der Waals surface area (Å²) in [5.41, 5.74) is 1.16. The van der Waals surface area contributed by atoms with Gasteiger partial charge in [-0.1, -0.05) is 30.3 Å². The van der Waals surface area contributed by atoms with Gasteiger partial charge < -0.3 is 4.74 Å². The van der Waals surface area contributed by atoms with Crippen LogP contribution in [-0.2, 0) is 4.74 Å². The molecule has 2 rings (SSSR count). The van der Waals surface area contributed by atoms with Crippen molar-refractivity contribution in [1.82, 2.24) is 0 Å². The van der Waals surface area contributed by atoms with Crippen LogP contribution in [0.5, 0.6) is 0 Å². The Morgan fingerprint density at radius 3 is 2.77 bits per heavy atom. The molecule has 0 radical (unpaired) electrons. The Bertz CT molecular complexity index is 332. The van der Waals surface area contributed by atoms with E-state index in [-0.39, 0.29) is 0 Å². The van der Waals surface area contributed by atoms with Crippen LogP contribution >= 0.6 is 11.9 Å². The minimum absolute atomic E-state index is 0.633. The summed E-state index contributed by atoms with van der Waals surface area (Å²) in [5.74, 6) is 1.34. The third-order valence-electron chi connectivity index (χ3n) is 1.63. The second kappa shape index (κ2) is 4.14. The second-order valence-corrected chi connectivity index (χ2v) is 3.24. The number of hydrogen-bond acceptors (Lipinski definition) is 3. The first-order valence-corrected chi connectivity index (χ1v) is 4.95. The van der Waals surface area contributed by atoms with Crippen LogP contribution in [-0.4, -0.2) is 11.8 Å². The first-order valence-electron chi connectivity index (χ1n) is 4.01. The Morgan fingerprint density at radius 2 is 2.08 bits per heavy atom. The van der Waals surface area contributed by atoms with Gasteiger partial charge in [0.2, 0.25) is 5.90 Å². The Kier molecular flexibility index (Phi) is 2.67. The van der Waals surface area contributed by atoms with E-state index in [2.05, 4.69) is 4.40 Å². The normalized spacial score (nSPS) is 15.8. The van der Waals surface area contributed by atoms with Gasteiger partial charge in [0.15, 0.2) is 5.94 Å². The molecule has 1 aliphatic heterocycles. The van der Waals surface area contributed by atoms with E-state index in [1.807, 2.05) is 42.5 Å². The van der Waals surface area contributed by atoms with E-state index in [0.29, 0.717) is 11.8 Å². The molecule has 0 spiro atoms. The lowest BCUT2D eigenvalue weighted by molar-refractivity contribution is 0.395. The van der Waals surface area contributed by atoms with Gasteiger partial charge in [-0.05, 0) is 11.6 Å². The van der Waals surface area contributed by atoms with E-state index in [4.69, 9.17) is 4.74 Å². The maximum atomic E-state index is 5.20. The van der Waals surface area contributed by atoms with Crippen LogP contribution in [0.3, 0.4) is 0 Å². The third-order valence-corrected chi connectivity index (χ3v) is 2.16. The molecule has 3 heteroatoms. The van der Waals surface area contributed by atoms with Crippen LogP contribution in [0, 0.1) is 0 Å². The van der Waals surface area contributed by atoms with Crippen LogP contribution in [0.2, 0.25) is 0 Å². The molecule has 0 saturated heterocycles. The summed E-state index contributed by atoms with van der Waals surface area (Å²) in [5, 5.41) is 0. The molecule has 1 aromatic rings. The van der Waals surface area contributed by atoms with Crippen molar-refractivity contribution >= 4 is 23.9 Å². The Hall–Kier alpha value is -1.22. The minimum atomic E-state index is 0.633. The zero-order chi connectivity index (χ0) is 8.93. The molecule has 1 heterocycles. The molecule has 0 N–H and O–H groups in total. The average Bonchev–Trinajstić information content (AvgIpc) is 2.69. The van der Waals surface area contributed by atoms with Gasteiger partial charge in [-0.15, -0.1) is 0 Å². The smallest absolute Gasteiger partial charge is 0.221 e. The van der Waals surface area contributed by atoms with E-state index in [0.717, 1.165) is 5.56 Å². The molecule has 0 amide bonds. The molecule has 0 bridgehead atoms. The van der Waals surface area contributed by atoms with Gasteiger partial charge in [0, 0.05) is 18.0 Å². The topological polar surface area (TPSA) is 21.6 Å². The number of hydrogen-bond donors (Lipinski definition) is 0. The van der Waals surface area contributed by atoms with Crippen LogP contribution in [0.4, 0.5) is 0 Å². The highest BCUT2D eigenvalue weighted by atomic mass is 32.2. The lowest BCUT2D eigenvalue weighted by Gasteiger charge is -1.92. The Morgan fingerprint density at radius 1 is 1.23 bits per heavy atom. The van der Waals surface area contributed by atoms with Crippen molar-refractivity contribution in [3.05, 3.63) is 42.0 Å². The van der Waals surface area contributed by atoms with Crippen molar-refractivity contribution in [3.63, 3.8) is 0 Å². The zero-order valence-corrected chi connectivity index (χ0v) is 7.83. The van der Waals surface area contributed by atoms with E-state index < -0.39 is 0 Å². The molecule has 13 heavy (non-hydrogen) atoms. The fraction of sp³-hybridized carbons (Fsp3) is 0.100. The van der Waals surface area contributed by atoms with Gasteiger partial charge in [-0.25, -0.2) is 0 Å². The maximum absolute atomic E-state index is 5.20. The summed E-state index contributed by atoms with van der Waals surface area (Å²) in [4.78, 5) is 0. The summed E-state index contributed by atoms with van der Waals surface area (Å²) in [7, 11) is 0. The monoisotopic (exact) mass is 191 g/mol. The molecule has 1 aliphatic rings. The summed E-state index contributed by atoms with van der Waals surface area (Å²) in [6, 6.07) is 10.1. The van der Waals surface area contributed by atoms with Gasteiger partial charge in [0.05, 0.1) is 0 Å². The Labute approximate surface area is 81.5 Å². The highest BCUT2D eigenvalue weighted by Gasteiger charge is 2.02. The van der Waals surface area contributed by atoms with E-state index in [9.17, 15) is 0 Å². The molecule has 0 atom stereocenters. The third kappa shape index (κ3) is 2.36. The van der Waals surface area contributed by atoms with Crippen LogP contribution in [0.15, 0.2) is 40.8 Å². The van der Waals surface area contributed by atoms with E-state index in [1.54, 1.807) is 0 Å². The molecular weight excluding hydrogens is 182 g/mol. The van der Waals surface area contributed by atoms with Gasteiger partial charge in [-0.3, -0.25) is 0 Å². The quantitative estimate of drug-likeness (QED) is 0.670. The molecule has 66 valence electrons. The van der Waals surface area contributed by atoms with Crippen LogP contribution in [0.25, 0.3) is 6.08 Å². The Balaban J connectivity index is 2.05. The number of rotatable bonds is 2. The second-order valence-electron chi connectivity index (χ2n) is 2.56. The predicted octanol–water partition coefficient (Wildman–Crippen LogP) is 2.73. The average molecular weight is 191 g/mol. The lowest BCUT2D eigenvalue weighted by atomic mass is 10.2. The van der Waals surface area contributed by atoms with Crippen molar-refractivity contribution in [2.24, 2.45) is 4.40 Å². The van der Waals surface area contributed by atoms with Crippen molar-refractivity contribution in [3.8, 4) is 0 Å². The molecule has 0 aromatic heterocycles. The summed E-state index contributed by atoms with van der Waals surface area (Å²) < 4.78 is 9.28. The van der Waals surface area contributed by atoms with E-state index in [1.165, 1.54) is 11.9 Å². The van der Waals surface area contributed by atoms with Gasteiger partial charge in [0.25, 0.3) is 0 Å². The SMILES string of the molecule is C(=C\c1ccccc1)/C1=NSCO1. The summed E-state index contributed by atoms with van der Waals surface area (Å²) >= 11 is 1.43. The summed E-state index contributed by atoms with van der Waals surface area (Å²) in [6.45, 7) is 0. The largest absolute Gasteiger partial charge is 0.464 e. The fourth-order valence-electron chi connectivity index (χ4n) is 1.01. The molecule has 0 unspecified atom stereocenters. The molecule has 0 saturated carbocycles. The van der Waals surface area contributed by atoms with E-state index >= 15 is 0 Å². The first-order chi connectivity index (χ1) is 6.45. The lowest BCUT2D eigenvalue weighted by Crippen LogP contribution is -1.91. The van der Waals surface area contributed by atoms with Crippen molar-refractivity contribution in [2.75, 3.05) is 5.94 Å². The number of ether oxygens (including phenoxy) is 1. The maximum Gasteiger partial charge on any atom is 0.221 e. The molecule has 2 nitrogen and oxygen atoms in total. The molecule has 0 aliphatic carbocycles. The number of nitrogens with zero attached hydrogens (tertiary/aromatic N) is 1.